The van der Waals surface area contributed by atoms with Gasteiger partial charge in [0, 0.05) is 5.92 Å². The summed E-state index contributed by atoms with van der Waals surface area (Å²) in [4.78, 5) is 12.4. The highest BCUT2D eigenvalue weighted by molar-refractivity contribution is 5.85. The van der Waals surface area contributed by atoms with E-state index in [1.807, 2.05) is 0 Å². The van der Waals surface area contributed by atoms with Gasteiger partial charge in [0.2, 0.25) is 5.54 Å². The van der Waals surface area contributed by atoms with Crippen molar-refractivity contribution in [3.05, 3.63) is 71.8 Å². The molecule has 0 saturated carbocycles. The van der Waals surface area contributed by atoms with E-state index in [9.17, 15) is 18.0 Å². The second kappa shape index (κ2) is 6.76. The Morgan fingerprint density at radius 1 is 0.962 bits per heavy atom. The number of carbonyl (C=O) groups excluding carboxylic acids is 1. The monoisotopic (exact) mass is 363 g/mol. The number of hydrogen-bond donors (Lipinski definition) is 1. The van der Waals surface area contributed by atoms with Gasteiger partial charge in [-0.2, -0.15) is 13.2 Å². The Morgan fingerprint density at radius 2 is 1.42 bits per heavy atom. The Kier molecular flexibility index (Phi) is 4.80. The van der Waals surface area contributed by atoms with Crippen molar-refractivity contribution in [2.45, 2.75) is 37.7 Å². The zero-order valence-corrected chi connectivity index (χ0v) is 14.5. The molecule has 1 aliphatic rings. The van der Waals surface area contributed by atoms with E-state index in [-0.39, 0.29) is 0 Å². The lowest BCUT2D eigenvalue weighted by molar-refractivity contribution is -0.209. The van der Waals surface area contributed by atoms with Crippen LogP contribution in [-0.4, -0.2) is 23.8 Å². The van der Waals surface area contributed by atoms with E-state index >= 15 is 0 Å². The second-order valence-electron chi connectivity index (χ2n) is 6.60. The van der Waals surface area contributed by atoms with E-state index in [2.05, 4.69) is 5.32 Å². The summed E-state index contributed by atoms with van der Waals surface area (Å²) in [6, 6.07) is 16.8. The summed E-state index contributed by atoms with van der Waals surface area (Å²) < 4.78 is 47.3. The Bertz CT molecular complexity index is 724. The Balaban J connectivity index is 2.11. The average molecular weight is 363 g/mol. The van der Waals surface area contributed by atoms with Gasteiger partial charge >= 0.3 is 12.1 Å². The molecule has 3 nitrogen and oxygen atoms in total. The van der Waals surface area contributed by atoms with Gasteiger partial charge in [0.15, 0.2) is 0 Å². The minimum Gasteiger partial charge on any atom is -0.461 e. The van der Waals surface area contributed by atoms with Crippen LogP contribution in [0.2, 0.25) is 0 Å². The number of nitrogens with one attached hydrogen (secondary N) is 1. The van der Waals surface area contributed by atoms with Crippen LogP contribution in [0.5, 0.6) is 0 Å². The second-order valence-corrected chi connectivity index (χ2v) is 6.60. The van der Waals surface area contributed by atoms with E-state index in [0.29, 0.717) is 11.1 Å². The van der Waals surface area contributed by atoms with Gasteiger partial charge in [-0.15, -0.1) is 0 Å². The third kappa shape index (κ3) is 2.98. The quantitative estimate of drug-likeness (QED) is 0.826. The van der Waals surface area contributed by atoms with Crippen LogP contribution in [0.15, 0.2) is 60.7 Å². The Labute approximate surface area is 150 Å². The molecule has 0 aliphatic carbocycles. The number of halogens is 3. The maximum absolute atomic E-state index is 14.1. The molecule has 1 N–H and O–H groups in total. The number of hydrogen-bond acceptors (Lipinski definition) is 3. The molecule has 0 spiro atoms. The first-order valence-corrected chi connectivity index (χ1v) is 8.42. The van der Waals surface area contributed by atoms with Crippen molar-refractivity contribution in [1.29, 1.82) is 0 Å². The summed E-state index contributed by atoms with van der Waals surface area (Å²) in [5, 5.41) is 2.63. The van der Waals surface area contributed by atoms with Gasteiger partial charge in [-0.05, 0) is 18.1 Å². The van der Waals surface area contributed by atoms with Crippen molar-refractivity contribution in [2.75, 3.05) is 0 Å². The third-order valence-electron chi connectivity index (χ3n) is 5.09. The fraction of sp³-hybridized carbons (Fsp3) is 0.350. The van der Waals surface area contributed by atoms with Crippen LogP contribution in [0, 0.1) is 5.92 Å². The van der Waals surface area contributed by atoms with E-state index in [1.54, 1.807) is 60.7 Å². The number of carbonyl (C=O) groups is 1. The Hall–Kier alpha value is -2.34. The van der Waals surface area contributed by atoms with Gasteiger partial charge in [-0.3, -0.25) is 5.32 Å². The molecule has 3 atom stereocenters. The van der Waals surface area contributed by atoms with Gasteiger partial charge in [-0.25, -0.2) is 4.79 Å². The number of alkyl halides is 3. The normalized spacial score (nSPS) is 26.2. The molecule has 6 heteroatoms. The lowest BCUT2D eigenvalue weighted by Crippen LogP contribution is -2.64. The molecular formula is C20H20F3NO2. The highest BCUT2D eigenvalue weighted by atomic mass is 19.4. The van der Waals surface area contributed by atoms with Gasteiger partial charge in [0.1, 0.15) is 6.10 Å². The predicted octanol–water partition coefficient (Wildman–Crippen LogP) is 4.25. The molecule has 0 unspecified atom stereocenters. The number of benzene rings is 2. The largest absolute Gasteiger partial charge is 0.461 e. The molecular weight excluding hydrogens is 343 g/mol. The van der Waals surface area contributed by atoms with Crippen LogP contribution < -0.4 is 5.32 Å². The lowest BCUT2D eigenvalue weighted by Gasteiger charge is -2.37. The smallest absolute Gasteiger partial charge is 0.417 e. The first-order valence-electron chi connectivity index (χ1n) is 8.42. The predicted molar refractivity (Wildman–Crippen MR) is 91.4 cm³/mol. The van der Waals surface area contributed by atoms with Crippen molar-refractivity contribution < 1.29 is 22.7 Å². The minimum absolute atomic E-state index is 0.641. The van der Waals surface area contributed by atoms with Gasteiger partial charge < -0.3 is 4.74 Å². The molecule has 2 aromatic carbocycles. The van der Waals surface area contributed by atoms with E-state index in [1.165, 1.54) is 13.8 Å². The van der Waals surface area contributed by atoms with Crippen LogP contribution in [-0.2, 0) is 9.53 Å². The Morgan fingerprint density at radius 3 is 1.77 bits per heavy atom. The van der Waals surface area contributed by atoms with Crippen molar-refractivity contribution in [3.8, 4) is 0 Å². The molecule has 0 aromatic heterocycles. The van der Waals surface area contributed by atoms with Gasteiger partial charge in [0.05, 0.1) is 6.04 Å². The summed E-state index contributed by atoms with van der Waals surface area (Å²) in [7, 11) is 0. The number of cyclic esters (lactones) is 1. The molecule has 1 heterocycles. The van der Waals surface area contributed by atoms with Crippen LogP contribution >= 0.6 is 0 Å². The van der Waals surface area contributed by atoms with Crippen molar-refractivity contribution >= 4 is 5.97 Å². The topological polar surface area (TPSA) is 38.3 Å². The van der Waals surface area contributed by atoms with E-state index < -0.39 is 35.7 Å². The highest BCUT2D eigenvalue weighted by Crippen LogP contribution is 2.46. The molecule has 0 amide bonds. The molecule has 1 fully saturated rings. The molecule has 26 heavy (non-hydrogen) atoms. The highest BCUT2D eigenvalue weighted by Gasteiger charge is 2.70. The molecule has 2 aromatic rings. The minimum atomic E-state index is -4.80. The van der Waals surface area contributed by atoms with Gasteiger partial charge in [-0.1, -0.05) is 67.6 Å². The van der Waals surface area contributed by atoms with Crippen LogP contribution in [0.25, 0.3) is 0 Å². The SMILES string of the molecule is C[C@@H]1OC(=O)[C@](NC(c2ccccc2)c2ccccc2)(C(F)(F)F)[C@H]1C. The maximum atomic E-state index is 14.1. The summed E-state index contributed by atoms with van der Waals surface area (Å²) in [6.45, 7) is 2.88. The summed E-state index contributed by atoms with van der Waals surface area (Å²) in [5.74, 6) is -2.34. The molecule has 138 valence electrons. The van der Waals surface area contributed by atoms with Crippen molar-refractivity contribution in [3.63, 3.8) is 0 Å². The number of ether oxygens (including phenoxy) is 1. The lowest BCUT2D eigenvalue weighted by atomic mass is 9.81. The fourth-order valence-electron chi connectivity index (χ4n) is 3.43. The number of esters is 1. The standard InChI is InChI=1S/C20H20F3NO2/c1-13-14(2)26-18(25)19(13,20(21,22)23)24-17(15-9-5-3-6-10-15)16-11-7-4-8-12-16/h3-14,17,24H,1-2H3/t13-,14-,19-/m0/s1. The van der Waals surface area contributed by atoms with Crippen molar-refractivity contribution in [2.24, 2.45) is 5.92 Å². The molecule has 3 rings (SSSR count). The summed E-state index contributed by atoms with van der Waals surface area (Å²) in [6.07, 6.45) is -5.63. The van der Waals surface area contributed by atoms with Gasteiger partial charge in [0.25, 0.3) is 0 Å². The van der Waals surface area contributed by atoms with Crippen LogP contribution in [0.3, 0.4) is 0 Å². The molecule has 0 bridgehead atoms. The van der Waals surface area contributed by atoms with Crippen LogP contribution in [0.4, 0.5) is 13.2 Å². The van der Waals surface area contributed by atoms with Crippen molar-refractivity contribution in [1.82, 2.24) is 5.32 Å². The average Bonchev–Trinajstić information content (AvgIpc) is 2.84. The first kappa shape index (κ1) is 18.5. The summed E-state index contributed by atoms with van der Waals surface area (Å²) >= 11 is 0. The van der Waals surface area contributed by atoms with E-state index in [4.69, 9.17) is 4.74 Å². The zero-order chi connectivity index (χ0) is 18.9. The fourth-order valence-corrected chi connectivity index (χ4v) is 3.43. The van der Waals surface area contributed by atoms with E-state index in [0.717, 1.165) is 0 Å². The maximum Gasteiger partial charge on any atom is 0.417 e. The van der Waals surface area contributed by atoms with Crippen LogP contribution in [0.1, 0.15) is 31.0 Å². The zero-order valence-electron chi connectivity index (χ0n) is 14.5. The third-order valence-corrected chi connectivity index (χ3v) is 5.09. The molecule has 1 saturated heterocycles. The first-order chi connectivity index (χ1) is 12.3. The molecule has 1 aliphatic heterocycles. The summed E-state index contributed by atoms with van der Waals surface area (Å²) in [5.41, 5.74) is -1.48. The molecule has 0 radical (unpaired) electrons. The number of rotatable bonds is 4.